The van der Waals surface area contributed by atoms with Gasteiger partial charge in [0.05, 0.1) is 4.88 Å². The molecule has 0 saturated heterocycles. The Morgan fingerprint density at radius 1 is 0.909 bits per heavy atom. The van der Waals surface area contributed by atoms with Gasteiger partial charge in [0.15, 0.2) is 5.76 Å². The first kappa shape index (κ1) is 13.5. The van der Waals surface area contributed by atoms with Crippen LogP contribution in [0.5, 0.6) is 0 Å². The zero-order valence-electron chi connectivity index (χ0n) is 12.2. The predicted octanol–water partition coefficient (Wildman–Crippen LogP) is 4.91. The molecule has 0 unspecified atom stereocenters. The second-order valence-corrected chi connectivity index (χ2v) is 6.72. The van der Waals surface area contributed by atoms with E-state index in [1.165, 1.54) is 28.0 Å². The summed E-state index contributed by atoms with van der Waals surface area (Å²) < 4.78 is 5.57. The number of thiophene rings is 1. The highest BCUT2D eigenvalue weighted by atomic mass is 32.1. The number of benzene rings is 1. The second-order valence-electron chi connectivity index (χ2n) is 5.64. The Kier molecular flexibility index (Phi) is 3.43. The van der Waals surface area contributed by atoms with E-state index in [4.69, 9.17) is 4.42 Å². The van der Waals surface area contributed by atoms with E-state index in [0.29, 0.717) is 0 Å². The first-order valence-corrected chi connectivity index (χ1v) is 8.44. The molecule has 22 heavy (non-hydrogen) atoms. The van der Waals surface area contributed by atoms with Gasteiger partial charge in [0.2, 0.25) is 0 Å². The van der Waals surface area contributed by atoms with Crippen molar-refractivity contribution in [1.29, 1.82) is 0 Å². The minimum absolute atomic E-state index is 0.231. The van der Waals surface area contributed by atoms with Crippen LogP contribution in [-0.2, 0) is 12.8 Å². The maximum atomic E-state index is 11.9. The van der Waals surface area contributed by atoms with Crippen molar-refractivity contribution in [1.82, 2.24) is 0 Å². The maximum Gasteiger partial charge on any atom is 0.336 e. The van der Waals surface area contributed by atoms with Gasteiger partial charge in [-0.1, -0.05) is 30.3 Å². The van der Waals surface area contributed by atoms with Crippen molar-refractivity contribution in [2.45, 2.75) is 25.7 Å². The molecule has 3 heteroatoms. The van der Waals surface area contributed by atoms with E-state index in [-0.39, 0.29) is 5.63 Å². The van der Waals surface area contributed by atoms with Crippen molar-refractivity contribution in [3.63, 3.8) is 0 Å². The third kappa shape index (κ3) is 2.42. The third-order valence-electron chi connectivity index (χ3n) is 4.17. The molecule has 0 bridgehead atoms. The summed E-state index contributed by atoms with van der Waals surface area (Å²) in [6.45, 7) is 0. The molecule has 1 aliphatic carbocycles. The smallest absolute Gasteiger partial charge is 0.336 e. The predicted molar refractivity (Wildman–Crippen MR) is 90.4 cm³/mol. The number of rotatable bonds is 2. The van der Waals surface area contributed by atoms with Crippen LogP contribution in [0.2, 0.25) is 0 Å². The van der Waals surface area contributed by atoms with Crippen LogP contribution in [0.15, 0.2) is 57.7 Å². The first-order chi connectivity index (χ1) is 10.8. The van der Waals surface area contributed by atoms with Crippen LogP contribution in [0.4, 0.5) is 0 Å². The molecule has 0 spiro atoms. The van der Waals surface area contributed by atoms with E-state index in [9.17, 15) is 4.79 Å². The van der Waals surface area contributed by atoms with Crippen LogP contribution in [0.25, 0.3) is 21.1 Å². The molecule has 2 nitrogen and oxygen atoms in total. The van der Waals surface area contributed by atoms with Crippen LogP contribution in [-0.4, -0.2) is 0 Å². The molecule has 0 fully saturated rings. The average molecular weight is 308 g/mol. The summed E-state index contributed by atoms with van der Waals surface area (Å²) in [5.41, 5.74) is 3.37. The monoisotopic (exact) mass is 308 g/mol. The Hall–Kier alpha value is -2.13. The van der Waals surface area contributed by atoms with E-state index in [0.717, 1.165) is 29.9 Å². The number of hydrogen-bond donors (Lipinski definition) is 0. The third-order valence-corrected chi connectivity index (χ3v) is 5.30. The van der Waals surface area contributed by atoms with Gasteiger partial charge in [-0.25, -0.2) is 4.79 Å². The zero-order valence-corrected chi connectivity index (χ0v) is 13.0. The lowest BCUT2D eigenvalue weighted by molar-refractivity contribution is 0.508. The van der Waals surface area contributed by atoms with Gasteiger partial charge in [-0.3, -0.25) is 0 Å². The molecule has 0 atom stereocenters. The van der Waals surface area contributed by atoms with Crippen molar-refractivity contribution in [2.24, 2.45) is 0 Å². The van der Waals surface area contributed by atoms with Crippen molar-refractivity contribution in [3.05, 3.63) is 70.1 Å². The molecule has 0 N–H and O–H groups in total. The van der Waals surface area contributed by atoms with E-state index in [2.05, 4.69) is 24.3 Å². The summed E-state index contributed by atoms with van der Waals surface area (Å²) in [4.78, 5) is 14.1. The summed E-state index contributed by atoms with van der Waals surface area (Å²) >= 11 is 1.69. The Labute approximate surface area is 133 Å². The Morgan fingerprint density at radius 3 is 2.55 bits per heavy atom. The van der Waals surface area contributed by atoms with Gasteiger partial charge < -0.3 is 4.42 Å². The molecular weight excluding hydrogens is 292 g/mol. The zero-order chi connectivity index (χ0) is 14.9. The highest BCUT2D eigenvalue weighted by molar-refractivity contribution is 7.18. The highest BCUT2D eigenvalue weighted by Gasteiger charge is 2.19. The quantitative estimate of drug-likeness (QED) is 0.673. The largest absolute Gasteiger partial charge is 0.422 e. The van der Waals surface area contributed by atoms with E-state index < -0.39 is 0 Å². The van der Waals surface area contributed by atoms with E-state index in [1.54, 1.807) is 17.4 Å². The van der Waals surface area contributed by atoms with Crippen LogP contribution in [0.1, 0.15) is 24.0 Å². The summed E-state index contributed by atoms with van der Waals surface area (Å²) in [6.07, 6.45) is 4.33. The molecule has 3 aromatic rings. The summed E-state index contributed by atoms with van der Waals surface area (Å²) in [5, 5.41) is 0. The molecule has 110 valence electrons. The van der Waals surface area contributed by atoms with Crippen LogP contribution in [0, 0.1) is 0 Å². The molecule has 2 aromatic heterocycles. The van der Waals surface area contributed by atoms with Gasteiger partial charge in [-0.05, 0) is 54.5 Å². The lowest BCUT2D eigenvalue weighted by Crippen LogP contribution is -2.10. The minimum atomic E-state index is -0.231. The minimum Gasteiger partial charge on any atom is -0.422 e. The lowest BCUT2D eigenvalue weighted by atomic mass is 9.91. The van der Waals surface area contributed by atoms with Crippen LogP contribution < -0.4 is 5.63 Å². The van der Waals surface area contributed by atoms with Crippen LogP contribution in [0.3, 0.4) is 0 Å². The van der Waals surface area contributed by atoms with Gasteiger partial charge >= 0.3 is 5.63 Å². The van der Waals surface area contributed by atoms with E-state index >= 15 is 0 Å². The summed E-state index contributed by atoms with van der Waals surface area (Å²) in [5.74, 6) is 0.786. The van der Waals surface area contributed by atoms with Gasteiger partial charge in [0, 0.05) is 10.9 Å². The standard InChI is InChI=1S/C19H16O2S/c20-18-12-14-8-4-5-9-15(14)19(21-18)17-11-10-16(22-17)13-6-2-1-3-7-13/h1-3,6-7,10-12H,4-5,8-9H2. The second kappa shape index (κ2) is 5.58. The molecule has 0 aliphatic heterocycles. The fraction of sp³-hybridized carbons (Fsp3) is 0.211. The fourth-order valence-electron chi connectivity index (χ4n) is 3.10. The topological polar surface area (TPSA) is 30.2 Å². The molecule has 2 heterocycles. The summed E-state index contributed by atoms with van der Waals surface area (Å²) in [6, 6.07) is 16.2. The normalized spacial score (nSPS) is 13.8. The van der Waals surface area contributed by atoms with Crippen molar-refractivity contribution in [2.75, 3.05) is 0 Å². The van der Waals surface area contributed by atoms with Gasteiger partial charge in [-0.2, -0.15) is 0 Å². The molecular formula is C19H16O2S. The molecule has 4 rings (SSSR count). The molecule has 0 radical (unpaired) electrons. The highest BCUT2D eigenvalue weighted by Crippen LogP contribution is 2.37. The Morgan fingerprint density at radius 2 is 1.68 bits per heavy atom. The Balaban J connectivity index is 1.82. The van der Waals surface area contributed by atoms with Gasteiger partial charge in [0.1, 0.15) is 0 Å². The van der Waals surface area contributed by atoms with E-state index in [1.807, 2.05) is 18.2 Å². The van der Waals surface area contributed by atoms with Crippen molar-refractivity contribution in [3.8, 4) is 21.1 Å². The number of aryl methyl sites for hydroxylation is 1. The van der Waals surface area contributed by atoms with Crippen molar-refractivity contribution >= 4 is 11.3 Å². The van der Waals surface area contributed by atoms with Crippen molar-refractivity contribution < 1.29 is 4.42 Å². The maximum absolute atomic E-state index is 11.9. The summed E-state index contributed by atoms with van der Waals surface area (Å²) in [7, 11) is 0. The first-order valence-electron chi connectivity index (χ1n) is 7.63. The Bertz CT molecular complexity index is 859. The molecule has 0 saturated carbocycles. The fourth-order valence-corrected chi connectivity index (χ4v) is 4.12. The van der Waals surface area contributed by atoms with Crippen LogP contribution >= 0.6 is 11.3 Å². The number of fused-ring (bicyclic) bond motifs is 1. The number of hydrogen-bond acceptors (Lipinski definition) is 3. The molecule has 1 aromatic carbocycles. The molecule has 1 aliphatic rings. The lowest BCUT2D eigenvalue weighted by Gasteiger charge is -2.16. The molecule has 0 amide bonds. The SMILES string of the molecule is O=c1cc2c(c(-c3ccc(-c4ccccc4)s3)o1)CCCC2. The average Bonchev–Trinajstić information content (AvgIpc) is 3.05. The van der Waals surface area contributed by atoms with Gasteiger partial charge in [0.25, 0.3) is 0 Å². The van der Waals surface area contributed by atoms with Gasteiger partial charge in [-0.15, -0.1) is 11.3 Å².